The van der Waals surface area contributed by atoms with Gasteiger partial charge < -0.3 is 5.32 Å². The zero-order valence-electron chi connectivity index (χ0n) is 10.5. The quantitative estimate of drug-likeness (QED) is 0.872. The Bertz CT molecular complexity index is 534. The van der Waals surface area contributed by atoms with Crippen LogP contribution in [0.5, 0.6) is 0 Å². The van der Waals surface area contributed by atoms with E-state index >= 15 is 0 Å². The van der Waals surface area contributed by atoms with Crippen LogP contribution in [0.25, 0.3) is 6.08 Å². The molecule has 4 nitrogen and oxygen atoms in total. The van der Waals surface area contributed by atoms with Gasteiger partial charge in [0, 0.05) is 17.0 Å². The summed E-state index contributed by atoms with van der Waals surface area (Å²) >= 11 is 5.76. The van der Waals surface area contributed by atoms with Crippen LogP contribution in [0.1, 0.15) is 12.0 Å². The molecule has 1 aromatic carbocycles. The average Bonchev–Trinajstić information content (AvgIpc) is 2.89. The fourth-order valence-corrected chi connectivity index (χ4v) is 2.94. The van der Waals surface area contributed by atoms with Crippen LogP contribution in [-0.2, 0) is 10.0 Å². The Kier molecular flexibility index (Phi) is 4.99. The summed E-state index contributed by atoms with van der Waals surface area (Å²) in [4.78, 5) is 0. The summed E-state index contributed by atoms with van der Waals surface area (Å²) < 4.78 is 26.2. The average molecular weight is 301 g/mol. The van der Waals surface area contributed by atoms with Gasteiger partial charge in [-0.25, -0.2) is 13.1 Å². The van der Waals surface area contributed by atoms with Gasteiger partial charge in [-0.2, -0.15) is 0 Å². The third-order valence-corrected chi connectivity index (χ3v) is 4.36. The van der Waals surface area contributed by atoms with Gasteiger partial charge in [-0.1, -0.05) is 23.7 Å². The van der Waals surface area contributed by atoms with Crippen LogP contribution >= 0.6 is 11.6 Å². The second-order valence-corrected chi connectivity index (χ2v) is 6.69. The summed E-state index contributed by atoms with van der Waals surface area (Å²) in [5.74, 6) is 0.388. The van der Waals surface area contributed by atoms with E-state index in [1.165, 1.54) is 5.41 Å². The molecule has 1 aliphatic rings. The highest BCUT2D eigenvalue weighted by Crippen LogP contribution is 2.11. The van der Waals surface area contributed by atoms with Crippen LogP contribution in [0.15, 0.2) is 29.7 Å². The summed E-state index contributed by atoms with van der Waals surface area (Å²) in [5, 5.41) is 5.03. The lowest BCUT2D eigenvalue weighted by molar-refractivity contribution is 0.544. The van der Waals surface area contributed by atoms with Crippen molar-refractivity contribution in [3.63, 3.8) is 0 Å². The second-order valence-electron chi connectivity index (χ2n) is 4.61. The molecule has 0 amide bonds. The Morgan fingerprint density at radius 3 is 2.74 bits per heavy atom. The van der Waals surface area contributed by atoms with Crippen molar-refractivity contribution in [3.8, 4) is 0 Å². The Morgan fingerprint density at radius 2 is 2.11 bits per heavy atom. The van der Waals surface area contributed by atoms with Crippen molar-refractivity contribution >= 4 is 27.7 Å². The predicted octanol–water partition coefficient (Wildman–Crippen LogP) is 1.84. The number of rotatable bonds is 5. The van der Waals surface area contributed by atoms with Gasteiger partial charge >= 0.3 is 0 Å². The van der Waals surface area contributed by atoms with Gasteiger partial charge in [0.15, 0.2) is 0 Å². The van der Waals surface area contributed by atoms with E-state index in [9.17, 15) is 8.42 Å². The third-order valence-electron chi connectivity index (χ3n) is 3.05. The SMILES string of the molecule is O=S(=O)(/C=C/c1ccc(Cl)cc1)NCC1CCNC1. The number of hydrogen-bond donors (Lipinski definition) is 2. The van der Waals surface area contributed by atoms with Gasteiger partial charge in [-0.05, 0) is 49.2 Å². The van der Waals surface area contributed by atoms with E-state index in [-0.39, 0.29) is 0 Å². The largest absolute Gasteiger partial charge is 0.316 e. The molecule has 6 heteroatoms. The zero-order chi connectivity index (χ0) is 13.7. The Balaban J connectivity index is 1.90. The van der Waals surface area contributed by atoms with Crippen molar-refractivity contribution in [3.05, 3.63) is 40.3 Å². The summed E-state index contributed by atoms with van der Waals surface area (Å²) in [6.45, 7) is 2.33. The summed E-state index contributed by atoms with van der Waals surface area (Å²) in [6.07, 6.45) is 2.58. The molecule has 2 rings (SSSR count). The molecule has 0 aliphatic carbocycles. The highest BCUT2D eigenvalue weighted by atomic mass is 35.5. The van der Waals surface area contributed by atoms with Crippen LogP contribution in [-0.4, -0.2) is 28.1 Å². The fraction of sp³-hybridized carbons (Fsp3) is 0.385. The summed E-state index contributed by atoms with van der Waals surface area (Å²) in [5.41, 5.74) is 0.803. The lowest BCUT2D eigenvalue weighted by Gasteiger charge is -2.08. The van der Waals surface area contributed by atoms with Crippen LogP contribution in [0.2, 0.25) is 5.02 Å². The molecule has 2 N–H and O–H groups in total. The number of nitrogens with one attached hydrogen (secondary N) is 2. The van der Waals surface area contributed by atoms with Crippen molar-refractivity contribution in [1.82, 2.24) is 10.0 Å². The van der Waals surface area contributed by atoms with Gasteiger partial charge in [0.05, 0.1) is 0 Å². The van der Waals surface area contributed by atoms with E-state index in [1.807, 2.05) is 0 Å². The van der Waals surface area contributed by atoms with Crippen molar-refractivity contribution in [2.75, 3.05) is 19.6 Å². The monoisotopic (exact) mass is 300 g/mol. The molecule has 1 aliphatic heterocycles. The van der Waals surface area contributed by atoms with E-state index in [1.54, 1.807) is 30.3 Å². The van der Waals surface area contributed by atoms with Crippen LogP contribution in [0.3, 0.4) is 0 Å². The molecule has 1 aromatic rings. The van der Waals surface area contributed by atoms with E-state index in [4.69, 9.17) is 11.6 Å². The highest BCUT2D eigenvalue weighted by molar-refractivity contribution is 7.92. The number of benzene rings is 1. The first-order chi connectivity index (χ1) is 9.05. The summed E-state index contributed by atoms with van der Waals surface area (Å²) in [6, 6.07) is 7.00. The Hall–Kier alpha value is -0.880. The maximum atomic E-state index is 11.8. The van der Waals surface area contributed by atoms with E-state index in [0.29, 0.717) is 17.5 Å². The molecule has 1 fully saturated rings. The molecule has 0 saturated carbocycles. The highest BCUT2D eigenvalue weighted by Gasteiger charge is 2.16. The van der Waals surface area contributed by atoms with Gasteiger partial charge in [0.1, 0.15) is 0 Å². The smallest absolute Gasteiger partial charge is 0.233 e. The van der Waals surface area contributed by atoms with E-state index in [0.717, 1.165) is 25.1 Å². The third kappa shape index (κ3) is 4.95. The molecule has 1 saturated heterocycles. The molecule has 0 bridgehead atoms. The molecule has 104 valence electrons. The van der Waals surface area contributed by atoms with E-state index in [2.05, 4.69) is 10.0 Å². The number of sulfonamides is 1. The molecule has 1 unspecified atom stereocenters. The maximum Gasteiger partial charge on any atom is 0.233 e. The number of halogens is 1. The summed E-state index contributed by atoms with van der Waals surface area (Å²) in [7, 11) is -3.37. The van der Waals surface area contributed by atoms with Gasteiger partial charge in [-0.15, -0.1) is 0 Å². The molecule has 1 atom stereocenters. The fourth-order valence-electron chi connectivity index (χ4n) is 1.91. The van der Waals surface area contributed by atoms with Crippen LogP contribution in [0, 0.1) is 5.92 Å². The first-order valence-corrected chi connectivity index (χ1v) is 8.12. The molecular weight excluding hydrogens is 284 g/mol. The van der Waals surface area contributed by atoms with Crippen LogP contribution in [0.4, 0.5) is 0 Å². The minimum Gasteiger partial charge on any atom is -0.316 e. The molecule has 19 heavy (non-hydrogen) atoms. The van der Waals surface area contributed by atoms with Crippen molar-refractivity contribution in [2.45, 2.75) is 6.42 Å². The molecule has 0 spiro atoms. The van der Waals surface area contributed by atoms with E-state index < -0.39 is 10.0 Å². The Labute approximate surface area is 118 Å². The zero-order valence-corrected chi connectivity index (χ0v) is 12.0. The molecule has 0 aromatic heterocycles. The minimum atomic E-state index is -3.37. The number of hydrogen-bond acceptors (Lipinski definition) is 3. The van der Waals surface area contributed by atoms with Crippen molar-refractivity contribution < 1.29 is 8.42 Å². The molecule has 0 radical (unpaired) electrons. The minimum absolute atomic E-state index is 0.388. The Morgan fingerprint density at radius 1 is 1.37 bits per heavy atom. The van der Waals surface area contributed by atoms with Crippen molar-refractivity contribution in [1.29, 1.82) is 0 Å². The second kappa shape index (κ2) is 6.52. The maximum absolute atomic E-state index is 11.8. The molecule has 1 heterocycles. The predicted molar refractivity (Wildman–Crippen MR) is 78.4 cm³/mol. The lowest BCUT2D eigenvalue weighted by atomic mass is 10.1. The first kappa shape index (κ1) is 14.5. The van der Waals surface area contributed by atoms with Crippen molar-refractivity contribution in [2.24, 2.45) is 5.92 Å². The first-order valence-electron chi connectivity index (χ1n) is 6.19. The molecular formula is C13H17ClN2O2S. The van der Waals surface area contributed by atoms with Crippen LogP contribution < -0.4 is 10.0 Å². The van der Waals surface area contributed by atoms with Gasteiger partial charge in [0.2, 0.25) is 10.0 Å². The normalized spacial score (nSPS) is 20.2. The van der Waals surface area contributed by atoms with Gasteiger partial charge in [-0.3, -0.25) is 0 Å². The van der Waals surface area contributed by atoms with Gasteiger partial charge in [0.25, 0.3) is 0 Å². The topological polar surface area (TPSA) is 58.2 Å². The lowest BCUT2D eigenvalue weighted by Crippen LogP contribution is -2.28. The standard InChI is InChI=1S/C13H17ClN2O2S/c14-13-3-1-11(2-4-13)6-8-19(17,18)16-10-12-5-7-15-9-12/h1-4,6,8,12,15-16H,5,7,9-10H2/b8-6+.